The van der Waals surface area contributed by atoms with Gasteiger partial charge >= 0.3 is 6.68 Å². The third-order valence-corrected chi connectivity index (χ3v) is 3.96. The lowest BCUT2D eigenvalue weighted by molar-refractivity contribution is 0.00818. The van der Waals surface area contributed by atoms with E-state index in [1.165, 1.54) is 18.3 Å². The van der Waals surface area contributed by atoms with Crippen LogP contribution in [0.2, 0.25) is 0 Å². The van der Waals surface area contributed by atoms with Gasteiger partial charge in [0.2, 0.25) is 0 Å². The average molecular weight is 490 g/mol. The van der Waals surface area contributed by atoms with Crippen molar-refractivity contribution in [2.24, 2.45) is 5.73 Å². The van der Waals surface area contributed by atoms with Crippen molar-refractivity contribution >= 4 is 17.6 Å². The molecule has 0 spiro atoms. The van der Waals surface area contributed by atoms with Gasteiger partial charge in [-0.2, -0.15) is 13.2 Å². The first kappa shape index (κ1) is 28.1. The van der Waals surface area contributed by atoms with Crippen LogP contribution < -0.4 is 15.8 Å². The summed E-state index contributed by atoms with van der Waals surface area (Å²) in [5.74, 6) is -1.58. The number of nitrogens with one attached hydrogen (secondary N) is 2. The fraction of sp³-hybridized carbons (Fsp3) is 0.286. The molecule has 2 rings (SSSR count). The van der Waals surface area contributed by atoms with E-state index in [0.717, 1.165) is 12.1 Å². The third kappa shape index (κ3) is 9.68. The highest BCUT2D eigenvalue weighted by molar-refractivity contribution is 6.02. The molecule has 0 radical (unpaired) electrons. The number of benzene rings is 1. The van der Waals surface area contributed by atoms with Crippen LogP contribution >= 0.6 is 0 Å². The van der Waals surface area contributed by atoms with Gasteiger partial charge in [0.05, 0.1) is 19.5 Å². The largest absolute Gasteiger partial charge is 0.479 e. The van der Waals surface area contributed by atoms with E-state index in [1.807, 2.05) is 0 Å². The highest BCUT2D eigenvalue weighted by Crippen LogP contribution is 2.28. The Morgan fingerprint density at radius 2 is 1.94 bits per heavy atom. The molecular formula is C21H20F6N4O3. The molecule has 0 bridgehead atoms. The van der Waals surface area contributed by atoms with Gasteiger partial charge in [0.1, 0.15) is 18.1 Å². The number of amides is 1. The maximum atomic E-state index is 14.2. The Labute approximate surface area is 190 Å². The molecule has 4 N–H and O–H groups in total. The molecule has 7 nitrogen and oxygen atoms in total. The van der Waals surface area contributed by atoms with E-state index in [-0.39, 0.29) is 36.6 Å². The molecular weight excluding hydrogens is 470 g/mol. The van der Waals surface area contributed by atoms with Gasteiger partial charge < -0.3 is 20.5 Å². The van der Waals surface area contributed by atoms with Crippen molar-refractivity contribution in [2.45, 2.75) is 19.0 Å². The van der Waals surface area contributed by atoms with Crippen molar-refractivity contribution in [2.75, 3.05) is 25.2 Å². The number of carbonyl (C=O) groups is 1. The number of nitrogens with zero attached hydrogens (tertiary/aromatic N) is 1. The van der Waals surface area contributed by atoms with Crippen molar-refractivity contribution in [3.8, 4) is 18.1 Å². The van der Waals surface area contributed by atoms with E-state index in [4.69, 9.17) is 27.0 Å². The summed E-state index contributed by atoms with van der Waals surface area (Å²) in [6, 6.07) is 4.19. The van der Waals surface area contributed by atoms with Crippen molar-refractivity contribution in [3.63, 3.8) is 0 Å². The Morgan fingerprint density at radius 1 is 1.26 bits per heavy atom. The maximum Gasteiger partial charge on any atom is 0.379 e. The Bertz CT molecular complexity index is 996. The van der Waals surface area contributed by atoms with Crippen LogP contribution in [0, 0.1) is 29.4 Å². The second-order valence-corrected chi connectivity index (χ2v) is 6.29. The van der Waals surface area contributed by atoms with Gasteiger partial charge in [0.15, 0.2) is 11.6 Å². The molecule has 1 heterocycles. The number of rotatable bonds is 9. The summed E-state index contributed by atoms with van der Waals surface area (Å²) in [5.41, 5.74) is 4.69. The molecule has 13 heteroatoms. The molecule has 1 aromatic heterocycles. The lowest BCUT2D eigenvalue weighted by atomic mass is 9.96. The van der Waals surface area contributed by atoms with E-state index in [2.05, 4.69) is 16.2 Å². The van der Waals surface area contributed by atoms with Crippen LogP contribution in [-0.2, 0) is 4.74 Å². The monoisotopic (exact) mass is 490 g/mol. The van der Waals surface area contributed by atoms with Crippen LogP contribution in [0.5, 0.6) is 5.75 Å². The molecule has 1 unspecified atom stereocenters. The van der Waals surface area contributed by atoms with Crippen LogP contribution in [0.25, 0.3) is 0 Å². The highest BCUT2D eigenvalue weighted by atomic mass is 19.4. The van der Waals surface area contributed by atoms with Gasteiger partial charge in [-0.25, -0.2) is 13.8 Å². The molecule has 0 saturated carbocycles. The molecule has 1 atom stereocenters. The normalized spacial score (nSPS) is 11.0. The number of hydrogen-bond donors (Lipinski definition) is 3. The zero-order valence-electron chi connectivity index (χ0n) is 17.5. The number of halogens is 6. The number of nitrogens with two attached hydrogens (primary N) is 1. The van der Waals surface area contributed by atoms with E-state index in [0.29, 0.717) is 5.75 Å². The van der Waals surface area contributed by atoms with Crippen LogP contribution in [0.15, 0.2) is 30.5 Å². The van der Waals surface area contributed by atoms with Crippen LogP contribution in [0.4, 0.5) is 32.0 Å². The smallest absolute Gasteiger partial charge is 0.379 e. The number of terminal acetylenes is 1. The van der Waals surface area contributed by atoms with E-state index >= 15 is 0 Å². The number of anilines is 1. The van der Waals surface area contributed by atoms with Gasteiger partial charge in [-0.15, -0.1) is 6.42 Å². The van der Waals surface area contributed by atoms with Gasteiger partial charge in [-0.3, -0.25) is 14.6 Å². The Hall–Kier alpha value is -3.95. The van der Waals surface area contributed by atoms with E-state index < -0.39 is 42.8 Å². The molecule has 1 amide bonds. The van der Waals surface area contributed by atoms with Gasteiger partial charge in [-0.1, -0.05) is 5.92 Å². The molecule has 184 valence electrons. The molecule has 0 aliphatic carbocycles. The maximum absolute atomic E-state index is 14.2. The summed E-state index contributed by atoms with van der Waals surface area (Å²) >= 11 is 0. The average Bonchev–Trinajstić information content (AvgIpc) is 2.77. The fourth-order valence-electron chi connectivity index (χ4n) is 2.53. The summed E-state index contributed by atoms with van der Waals surface area (Å²) in [4.78, 5) is 16.3. The minimum atomic E-state index is -3.67. The molecule has 2 aromatic rings. The molecule has 0 aliphatic rings. The van der Waals surface area contributed by atoms with Crippen molar-refractivity contribution in [3.05, 3.63) is 53.4 Å². The lowest BCUT2D eigenvalue weighted by Gasteiger charge is -2.17. The SMILES string of the molecule is C#CCOc1ccc(C(=O)Nc2cc(F)c(F)c(C(CF)CCOC(=N)N)c2)nc1.FC(F)F. The first-order chi connectivity index (χ1) is 16.1. The molecule has 0 fully saturated rings. The highest BCUT2D eigenvalue weighted by Gasteiger charge is 2.21. The molecule has 34 heavy (non-hydrogen) atoms. The van der Waals surface area contributed by atoms with Crippen molar-refractivity contribution < 1.29 is 40.6 Å². The molecule has 0 aliphatic heterocycles. The predicted molar refractivity (Wildman–Crippen MR) is 111 cm³/mol. The number of pyridine rings is 1. The predicted octanol–water partition coefficient (Wildman–Crippen LogP) is 4.16. The first-order valence-electron chi connectivity index (χ1n) is 9.36. The Morgan fingerprint density at radius 3 is 2.47 bits per heavy atom. The molecule has 1 aromatic carbocycles. The topological polar surface area (TPSA) is 110 Å². The Balaban J connectivity index is 0.00000133. The second kappa shape index (κ2) is 14.2. The van der Waals surface area contributed by atoms with Gasteiger partial charge in [0.25, 0.3) is 11.9 Å². The van der Waals surface area contributed by atoms with Crippen molar-refractivity contribution in [1.29, 1.82) is 5.41 Å². The lowest BCUT2D eigenvalue weighted by Crippen LogP contribution is -2.18. The van der Waals surface area contributed by atoms with Gasteiger partial charge in [-0.05, 0) is 30.2 Å². The summed E-state index contributed by atoms with van der Waals surface area (Å²) < 4.78 is 80.5. The number of carbonyl (C=O) groups excluding carboxylic acids is 1. The van der Waals surface area contributed by atoms with Crippen molar-refractivity contribution in [1.82, 2.24) is 4.98 Å². The van der Waals surface area contributed by atoms with E-state index in [9.17, 15) is 31.1 Å². The molecule has 0 saturated heterocycles. The summed E-state index contributed by atoms with van der Waals surface area (Å²) in [6.45, 7) is -4.78. The zero-order valence-corrected chi connectivity index (χ0v) is 17.5. The third-order valence-electron chi connectivity index (χ3n) is 3.96. The quantitative estimate of drug-likeness (QED) is 0.212. The number of amidine groups is 1. The fourth-order valence-corrected chi connectivity index (χ4v) is 2.53. The van der Waals surface area contributed by atoms with Crippen LogP contribution in [0.3, 0.4) is 0 Å². The second-order valence-electron chi connectivity index (χ2n) is 6.29. The first-order valence-corrected chi connectivity index (χ1v) is 9.36. The number of hydrogen-bond acceptors (Lipinski definition) is 5. The standard InChI is InChI=1S/C20H19F3N4O3.CHF3/c1-2-6-29-14-3-4-17(26-11-14)19(28)27-13-8-15(18(23)16(22)9-13)12(10-21)5-7-30-20(24)25;2-1(3)4/h1,3-4,8-9,11-12H,5-7,10H2,(H3,24,25)(H,27,28);1H. The number of aromatic nitrogens is 1. The Kier molecular flexibility index (Phi) is 11.8. The van der Waals surface area contributed by atoms with Crippen LogP contribution in [0.1, 0.15) is 28.4 Å². The summed E-state index contributed by atoms with van der Waals surface area (Å²) in [7, 11) is 0. The summed E-state index contributed by atoms with van der Waals surface area (Å²) in [6.07, 6.45) is 6.32. The zero-order chi connectivity index (χ0) is 25.7. The van der Waals surface area contributed by atoms with Gasteiger partial charge in [0, 0.05) is 17.7 Å². The van der Waals surface area contributed by atoms with Crippen LogP contribution in [-0.4, -0.2) is 43.5 Å². The minimum Gasteiger partial charge on any atom is -0.479 e. The summed E-state index contributed by atoms with van der Waals surface area (Å²) in [5, 5.41) is 9.37. The number of ether oxygens (including phenoxy) is 2. The minimum absolute atomic E-state index is 0.00811. The number of alkyl halides is 4. The van der Waals surface area contributed by atoms with E-state index in [1.54, 1.807) is 0 Å².